The van der Waals surface area contributed by atoms with E-state index in [-0.39, 0.29) is 0 Å². The van der Waals surface area contributed by atoms with Crippen molar-refractivity contribution < 1.29 is 15.4 Å². The molecule has 1 aliphatic heterocycles. The van der Waals surface area contributed by atoms with E-state index in [0.717, 1.165) is 12.5 Å². The molecule has 0 bridgehead atoms. The molecular formula is C13H23N3OS+2. The van der Waals surface area contributed by atoms with Gasteiger partial charge in [0.1, 0.15) is 19.0 Å². The van der Waals surface area contributed by atoms with Crippen molar-refractivity contribution in [2.45, 2.75) is 25.8 Å². The van der Waals surface area contributed by atoms with Gasteiger partial charge in [0, 0.05) is 17.2 Å². The second-order valence-electron chi connectivity index (χ2n) is 3.95. The quantitative estimate of drug-likeness (QED) is 0.710. The molecule has 4 nitrogen and oxygen atoms in total. The number of nitrogens with two attached hydrogens (primary N) is 2. The minimum Gasteiger partial charge on any atom is -0.346 e. The Morgan fingerprint density at radius 2 is 2.22 bits per heavy atom. The summed E-state index contributed by atoms with van der Waals surface area (Å²) in [5.74, 6) is 0.774. The topological polar surface area (TPSA) is 63.2 Å². The van der Waals surface area contributed by atoms with Crippen LogP contribution in [0.4, 0.5) is 0 Å². The molecule has 2 heterocycles. The SMILES string of the molecule is C#C.C=O.C[NH2+]Cc1nc(C)sc1[C@H]1CC[NH2+]C1. The van der Waals surface area contributed by atoms with Crippen LogP contribution in [0.1, 0.15) is 27.9 Å². The number of carbonyl (C=O) groups is 1. The molecule has 0 aromatic carbocycles. The van der Waals surface area contributed by atoms with Crippen LogP contribution in [-0.4, -0.2) is 31.9 Å². The molecule has 0 amide bonds. The predicted molar refractivity (Wildman–Crippen MR) is 74.4 cm³/mol. The van der Waals surface area contributed by atoms with Crippen molar-refractivity contribution in [1.82, 2.24) is 4.98 Å². The summed E-state index contributed by atoms with van der Waals surface area (Å²) in [5.41, 5.74) is 1.33. The molecule has 1 aromatic rings. The highest BCUT2D eigenvalue weighted by molar-refractivity contribution is 7.11. The average Bonchev–Trinajstić information content (AvgIpc) is 3.04. The largest absolute Gasteiger partial charge is 0.346 e. The fourth-order valence-electron chi connectivity index (χ4n) is 2.14. The summed E-state index contributed by atoms with van der Waals surface area (Å²) in [6, 6.07) is 0. The smallest absolute Gasteiger partial charge is 0.119 e. The molecule has 0 aliphatic carbocycles. The van der Waals surface area contributed by atoms with E-state index < -0.39 is 0 Å². The van der Waals surface area contributed by atoms with E-state index in [2.05, 4.69) is 42.4 Å². The fourth-order valence-corrected chi connectivity index (χ4v) is 3.24. The third kappa shape index (κ3) is 4.57. The lowest BCUT2D eigenvalue weighted by Crippen LogP contribution is -2.81. The zero-order valence-electron chi connectivity index (χ0n) is 11.2. The Hall–Kier alpha value is -1.22. The highest BCUT2D eigenvalue weighted by Crippen LogP contribution is 2.28. The molecule has 1 atom stereocenters. The van der Waals surface area contributed by atoms with E-state index in [0.29, 0.717) is 0 Å². The normalized spacial score (nSPS) is 17.2. The van der Waals surface area contributed by atoms with Gasteiger partial charge < -0.3 is 15.4 Å². The molecule has 0 saturated carbocycles. The van der Waals surface area contributed by atoms with Gasteiger partial charge in [-0.1, -0.05) is 0 Å². The molecule has 0 unspecified atom stereocenters. The highest BCUT2D eigenvalue weighted by Gasteiger charge is 2.25. The van der Waals surface area contributed by atoms with Crippen LogP contribution in [-0.2, 0) is 11.3 Å². The van der Waals surface area contributed by atoms with Crippen LogP contribution in [0.3, 0.4) is 0 Å². The number of rotatable bonds is 3. The lowest BCUT2D eigenvalue weighted by molar-refractivity contribution is -0.644. The Morgan fingerprint density at radius 1 is 1.56 bits per heavy atom. The number of quaternary nitrogens is 2. The summed E-state index contributed by atoms with van der Waals surface area (Å²) in [7, 11) is 2.11. The Kier molecular flexibility index (Phi) is 9.11. The van der Waals surface area contributed by atoms with Crippen molar-refractivity contribution in [3.05, 3.63) is 15.6 Å². The lowest BCUT2D eigenvalue weighted by atomic mass is 10.1. The van der Waals surface area contributed by atoms with Crippen LogP contribution >= 0.6 is 11.3 Å². The van der Waals surface area contributed by atoms with Gasteiger partial charge in [-0.05, 0) is 6.92 Å². The molecule has 1 aromatic heterocycles. The second-order valence-corrected chi connectivity index (χ2v) is 5.19. The van der Waals surface area contributed by atoms with E-state index >= 15 is 0 Å². The van der Waals surface area contributed by atoms with E-state index in [1.807, 2.05) is 18.1 Å². The number of hydrogen-bond donors (Lipinski definition) is 2. The zero-order valence-corrected chi connectivity index (χ0v) is 12.0. The minimum absolute atomic E-state index is 0.774. The first-order valence-corrected chi connectivity index (χ1v) is 6.80. The molecule has 1 fully saturated rings. The summed E-state index contributed by atoms with van der Waals surface area (Å²) < 4.78 is 0. The maximum atomic E-state index is 8.00. The highest BCUT2D eigenvalue weighted by atomic mass is 32.1. The predicted octanol–water partition coefficient (Wildman–Crippen LogP) is -0.740. The first-order valence-electron chi connectivity index (χ1n) is 5.99. The third-order valence-electron chi connectivity index (χ3n) is 2.77. The van der Waals surface area contributed by atoms with Gasteiger partial charge in [-0.15, -0.1) is 24.2 Å². The number of nitrogens with zero attached hydrogens (tertiary/aromatic N) is 1. The van der Waals surface area contributed by atoms with E-state index in [1.54, 1.807) is 4.88 Å². The lowest BCUT2D eigenvalue weighted by Gasteiger charge is -2.03. The van der Waals surface area contributed by atoms with Crippen LogP contribution in [0.2, 0.25) is 0 Å². The number of thiazole rings is 1. The summed E-state index contributed by atoms with van der Waals surface area (Å²) >= 11 is 1.90. The Morgan fingerprint density at radius 3 is 2.72 bits per heavy atom. The van der Waals surface area contributed by atoms with Gasteiger partial charge in [-0.2, -0.15) is 0 Å². The van der Waals surface area contributed by atoms with Gasteiger partial charge in [0.15, 0.2) is 0 Å². The standard InChI is InChI=1S/C10H17N3S.C2H2.CH2O/c1-7-13-9(6-11-2)10(14-7)8-3-4-12-5-8;2*1-2/h8,11-12H,3-6H2,1-2H3;1-2H;1H2/p+2/t8-;;/m0../s1. The van der Waals surface area contributed by atoms with Gasteiger partial charge in [0.05, 0.1) is 25.1 Å². The fraction of sp³-hybridized carbons (Fsp3) is 0.538. The van der Waals surface area contributed by atoms with Gasteiger partial charge in [0.2, 0.25) is 0 Å². The van der Waals surface area contributed by atoms with Crippen LogP contribution in [0.15, 0.2) is 0 Å². The minimum atomic E-state index is 0.774. The van der Waals surface area contributed by atoms with Gasteiger partial charge in [-0.25, -0.2) is 4.98 Å². The van der Waals surface area contributed by atoms with Crippen molar-refractivity contribution in [2.24, 2.45) is 0 Å². The number of hydrogen-bond acceptors (Lipinski definition) is 3. The number of terminal acetylenes is 1. The van der Waals surface area contributed by atoms with Crippen LogP contribution < -0.4 is 10.6 Å². The summed E-state index contributed by atoms with van der Waals surface area (Å²) in [4.78, 5) is 14.2. The number of carbonyl (C=O) groups excluding carboxylic acids is 1. The zero-order chi connectivity index (χ0) is 14.0. The Bertz CT molecular complexity index is 356. The van der Waals surface area contributed by atoms with Crippen LogP contribution in [0.5, 0.6) is 0 Å². The average molecular weight is 269 g/mol. The maximum Gasteiger partial charge on any atom is 0.119 e. The van der Waals surface area contributed by atoms with Crippen molar-refractivity contribution in [2.75, 3.05) is 20.1 Å². The molecule has 100 valence electrons. The molecule has 0 radical (unpaired) electrons. The molecule has 0 spiro atoms. The third-order valence-corrected chi connectivity index (χ3v) is 3.95. The summed E-state index contributed by atoms with van der Waals surface area (Å²) in [6.45, 7) is 7.71. The van der Waals surface area contributed by atoms with Crippen molar-refractivity contribution in [3.63, 3.8) is 0 Å². The van der Waals surface area contributed by atoms with E-state index in [4.69, 9.17) is 4.79 Å². The van der Waals surface area contributed by atoms with Crippen molar-refractivity contribution in [1.29, 1.82) is 0 Å². The molecular weight excluding hydrogens is 246 g/mol. The monoisotopic (exact) mass is 269 g/mol. The van der Waals surface area contributed by atoms with Crippen LogP contribution in [0.25, 0.3) is 0 Å². The van der Waals surface area contributed by atoms with Crippen molar-refractivity contribution >= 4 is 18.1 Å². The number of aromatic nitrogens is 1. The Balaban J connectivity index is 0.000000659. The van der Waals surface area contributed by atoms with Gasteiger partial charge in [-0.3, -0.25) is 0 Å². The molecule has 18 heavy (non-hydrogen) atoms. The van der Waals surface area contributed by atoms with E-state index in [1.165, 1.54) is 30.2 Å². The summed E-state index contributed by atoms with van der Waals surface area (Å²) in [6.07, 6.45) is 9.33. The molecule has 1 aliphatic rings. The van der Waals surface area contributed by atoms with Crippen LogP contribution in [0, 0.1) is 19.8 Å². The molecule has 4 N–H and O–H groups in total. The van der Waals surface area contributed by atoms with E-state index in [9.17, 15) is 0 Å². The first-order chi connectivity index (χ1) is 8.81. The maximum absolute atomic E-state index is 8.00. The summed E-state index contributed by atoms with van der Waals surface area (Å²) in [5, 5.41) is 5.85. The molecule has 5 heteroatoms. The van der Waals surface area contributed by atoms with Gasteiger partial charge in [0.25, 0.3) is 0 Å². The molecule has 1 saturated heterocycles. The Labute approximate surface area is 113 Å². The van der Waals surface area contributed by atoms with Crippen molar-refractivity contribution in [3.8, 4) is 12.8 Å². The van der Waals surface area contributed by atoms with Gasteiger partial charge >= 0.3 is 0 Å². The second kappa shape index (κ2) is 9.77. The first kappa shape index (κ1) is 16.8. The number of aryl methyl sites for hydroxylation is 1. The molecule has 2 rings (SSSR count).